The van der Waals surface area contributed by atoms with Gasteiger partial charge in [-0.25, -0.2) is 4.79 Å². The van der Waals surface area contributed by atoms with Crippen LogP contribution in [0.2, 0.25) is 0 Å². The summed E-state index contributed by atoms with van der Waals surface area (Å²) >= 11 is 0. The molecule has 0 radical (unpaired) electrons. The number of urea groups is 1. The molecule has 2 aromatic carbocycles. The first kappa shape index (κ1) is 17.5. The number of benzene rings is 2. The van der Waals surface area contributed by atoms with E-state index in [9.17, 15) is 4.79 Å². The van der Waals surface area contributed by atoms with E-state index in [2.05, 4.69) is 16.0 Å². The van der Waals surface area contributed by atoms with Gasteiger partial charge in [0.1, 0.15) is 13.2 Å². The highest BCUT2D eigenvalue weighted by Gasteiger charge is 2.15. The lowest BCUT2D eigenvalue weighted by Gasteiger charge is -2.22. The Kier molecular flexibility index (Phi) is 5.32. The van der Waals surface area contributed by atoms with Gasteiger partial charge in [-0.3, -0.25) is 0 Å². The number of hydrogen-bond donors (Lipinski definition) is 3. The lowest BCUT2D eigenvalue weighted by molar-refractivity contribution is 0.171. The number of carbonyl (C=O) groups excluding carboxylic acids is 1. The molecule has 0 aromatic heterocycles. The van der Waals surface area contributed by atoms with Gasteiger partial charge in [0.25, 0.3) is 0 Å². The lowest BCUT2D eigenvalue weighted by atomic mass is 9.96. The van der Waals surface area contributed by atoms with Crippen LogP contribution < -0.4 is 25.4 Å². The molecule has 1 aliphatic carbocycles. The summed E-state index contributed by atoms with van der Waals surface area (Å²) in [5, 5.41) is 9.30. The molecule has 0 bridgehead atoms. The first-order valence-corrected chi connectivity index (χ1v) is 9.60. The third kappa shape index (κ3) is 4.64. The average Bonchev–Trinajstić information content (AvgIpc) is 2.70. The fraction of sp³-hybridized carbons (Fsp3) is 0.381. The second kappa shape index (κ2) is 8.20. The van der Waals surface area contributed by atoms with E-state index in [1.165, 1.54) is 19.3 Å². The van der Waals surface area contributed by atoms with E-state index < -0.39 is 0 Å². The summed E-state index contributed by atoms with van der Waals surface area (Å²) in [7, 11) is 0. The summed E-state index contributed by atoms with van der Waals surface area (Å²) in [4.78, 5) is 12.1. The molecule has 2 aliphatic rings. The van der Waals surface area contributed by atoms with Crippen LogP contribution in [0.25, 0.3) is 0 Å². The van der Waals surface area contributed by atoms with Gasteiger partial charge in [-0.15, -0.1) is 0 Å². The summed E-state index contributed by atoms with van der Waals surface area (Å²) in [6, 6.07) is 13.6. The highest BCUT2D eigenvalue weighted by molar-refractivity contribution is 5.89. The van der Waals surface area contributed by atoms with E-state index >= 15 is 0 Å². The minimum absolute atomic E-state index is 0.130. The quantitative estimate of drug-likeness (QED) is 0.735. The number of anilines is 3. The first-order chi connectivity index (χ1) is 13.3. The monoisotopic (exact) mass is 367 g/mol. The summed E-state index contributed by atoms with van der Waals surface area (Å²) in [5.74, 6) is 1.53. The van der Waals surface area contributed by atoms with Gasteiger partial charge in [0.2, 0.25) is 0 Å². The summed E-state index contributed by atoms with van der Waals surface area (Å²) in [5.41, 5.74) is 2.64. The molecule has 4 rings (SSSR count). The summed E-state index contributed by atoms with van der Waals surface area (Å²) in [6.07, 6.45) is 5.82. The normalized spacial score (nSPS) is 16.4. The summed E-state index contributed by atoms with van der Waals surface area (Å²) in [6.45, 7) is 1.16. The topological polar surface area (TPSA) is 71.6 Å². The third-order valence-corrected chi connectivity index (χ3v) is 4.91. The van der Waals surface area contributed by atoms with Gasteiger partial charge in [0.05, 0.1) is 0 Å². The SMILES string of the molecule is O=C(Nc1ccc(Nc2ccc3c(c2)OCCO3)cc1)NC1CCCCC1. The van der Waals surface area contributed by atoms with E-state index in [4.69, 9.17) is 9.47 Å². The van der Waals surface area contributed by atoms with Crippen molar-refractivity contribution in [1.82, 2.24) is 5.32 Å². The van der Waals surface area contributed by atoms with Crippen LogP contribution in [0, 0.1) is 0 Å². The van der Waals surface area contributed by atoms with E-state index in [0.717, 1.165) is 41.4 Å². The Morgan fingerprint density at radius 2 is 1.48 bits per heavy atom. The maximum absolute atomic E-state index is 12.1. The molecule has 3 N–H and O–H groups in total. The lowest BCUT2D eigenvalue weighted by Crippen LogP contribution is -2.38. The Morgan fingerprint density at radius 1 is 0.815 bits per heavy atom. The van der Waals surface area contributed by atoms with Crippen LogP contribution in [0.3, 0.4) is 0 Å². The van der Waals surface area contributed by atoms with Crippen molar-refractivity contribution in [1.29, 1.82) is 0 Å². The Hall–Kier alpha value is -2.89. The number of nitrogens with one attached hydrogen (secondary N) is 3. The molecule has 6 nitrogen and oxygen atoms in total. The average molecular weight is 367 g/mol. The zero-order chi connectivity index (χ0) is 18.5. The van der Waals surface area contributed by atoms with Crippen LogP contribution in [0.15, 0.2) is 42.5 Å². The number of ether oxygens (including phenoxy) is 2. The molecule has 2 aromatic rings. The fourth-order valence-electron chi connectivity index (χ4n) is 3.52. The van der Waals surface area contributed by atoms with Crippen molar-refractivity contribution in [2.24, 2.45) is 0 Å². The van der Waals surface area contributed by atoms with Crippen LogP contribution in [0.4, 0.5) is 21.9 Å². The van der Waals surface area contributed by atoms with E-state index in [1.807, 2.05) is 42.5 Å². The van der Waals surface area contributed by atoms with Gasteiger partial charge in [-0.2, -0.15) is 0 Å². The molecule has 1 heterocycles. The molecule has 1 saturated carbocycles. The van der Waals surface area contributed by atoms with Gasteiger partial charge in [-0.1, -0.05) is 19.3 Å². The van der Waals surface area contributed by atoms with Crippen molar-refractivity contribution in [2.45, 2.75) is 38.1 Å². The smallest absolute Gasteiger partial charge is 0.319 e. The van der Waals surface area contributed by atoms with Crippen molar-refractivity contribution in [3.8, 4) is 11.5 Å². The van der Waals surface area contributed by atoms with E-state index in [-0.39, 0.29) is 6.03 Å². The zero-order valence-electron chi connectivity index (χ0n) is 15.3. The molecule has 0 unspecified atom stereocenters. The van der Waals surface area contributed by atoms with Gasteiger partial charge >= 0.3 is 6.03 Å². The first-order valence-electron chi connectivity index (χ1n) is 9.60. The van der Waals surface area contributed by atoms with E-state index in [1.54, 1.807) is 0 Å². The molecular formula is C21H25N3O3. The van der Waals surface area contributed by atoms with Crippen molar-refractivity contribution in [3.63, 3.8) is 0 Å². The fourth-order valence-corrected chi connectivity index (χ4v) is 3.52. The molecule has 1 aliphatic heterocycles. The molecule has 2 amide bonds. The van der Waals surface area contributed by atoms with Gasteiger partial charge in [-0.05, 0) is 49.2 Å². The number of fused-ring (bicyclic) bond motifs is 1. The van der Waals surface area contributed by atoms with E-state index in [0.29, 0.717) is 19.3 Å². The molecule has 0 atom stereocenters. The van der Waals surface area contributed by atoms with Crippen molar-refractivity contribution in [2.75, 3.05) is 23.8 Å². The van der Waals surface area contributed by atoms with Crippen molar-refractivity contribution >= 4 is 23.1 Å². The molecule has 142 valence electrons. The number of rotatable bonds is 4. The molecular weight excluding hydrogens is 342 g/mol. The highest BCUT2D eigenvalue weighted by Crippen LogP contribution is 2.33. The van der Waals surface area contributed by atoms with Crippen LogP contribution in [-0.2, 0) is 0 Å². The minimum atomic E-state index is -0.130. The van der Waals surface area contributed by atoms with Crippen molar-refractivity contribution in [3.05, 3.63) is 42.5 Å². The van der Waals surface area contributed by atoms with Gasteiger partial charge in [0, 0.05) is 29.2 Å². The second-order valence-electron chi connectivity index (χ2n) is 6.99. The van der Waals surface area contributed by atoms with Crippen LogP contribution >= 0.6 is 0 Å². The Morgan fingerprint density at radius 3 is 2.26 bits per heavy atom. The Bertz CT molecular complexity index is 786. The molecule has 27 heavy (non-hydrogen) atoms. The molecule has 0 spiro atoms. The van der Waals surface area contributed by atoms with Gasteiger partial charge < -0.3 is 25.4 Å². The Balaban J connectivity index is 1.32. The number of amides is 2. The number of hydrogen-bond acceptors (Lipinski definition) is 4. The van der Waals surface area contributed by atoms with Crippen LogP contribution in [0.5, 0.6) is 11.5 Å². The summed E-state index contributed by atoms with van der Waals surface area (Å²) < 4.78 is 11.1. The third-order valence-electron chi connectivity index (χ3n) is 4.91. The minimum Gasteiger partial charge on any atom is -0.486 e. The number of carbonyl (C=O) groups is 1. The van der Waals surface area contributed by atoms with Crippen molar-refractivity contribution < 1.29 is 14.3 Å². The maximum atomic E-state index is 12.1. The highest BCUT2D eigenvalue weighted by atomic mass is 16.6. The second-order valence-corrected chi connectivity index (χ2v) is 6.99. The molecule has 1 fully saturated rings. The Labute approximate surface area is 159 Å². The molecule has 0 saturated heterocycles. The predicted molar refractivity (Wildman–Crippen MR) is 106 cm³/mol. The predicted octanol–water partition coefficient (Wildman–Crippen LogP) is 4.66. The van der Waals surface area contributed by atoms with Crippen LogP contribution in [-0.4, -0.2) is 25.3 Å². The van der Waals surface area contributed by atoms with Gasteiger partial charge in [0.15, 0.2) is 11.5 Å². The van der Waals surface area contributed by atoms with Crippen LogP contribution in [0.1, 0.15) is 32.1 Å². The maximum Gasteiger partial charge on any atom is 0.319 e. The molecule has 6 heteroatoms. The standard InChI is InChI=1S/C21H25N3O3/c25-21(23-15-4-2-1-3-5-15)24-17-8-6-16(7-9-17)22-18-10-11-19-20(14-18)27-13-12-26-19/h6-11,14-15,22H,1-5,12-13H2,(H2,23,24,25). The largest absolute Gasteiger partial charge is 0.486 e. The zero-order valence-corrected chi connectivity index (χ0v) is 15.3.